The summed E-state index contributed by atoms with van der Waals surface area (Å²) in [4.78, 5) is 25.5. The number of carbonyl (C=O) groups excluding carboxylic acids is 2. The number of aliphatic hydroxyl groups is 1. The number of esters is 2. The molecule has 0 unspecified atom stereocenters. The molecule has 0 aromatic rings. The van der Waals surface area contributed by atoms with Crippen LogP contribution in [0.25, 0.3) is 0 Å². The molecule has 146 valence electrons. The zero-order chi connectivity index (χ0) is 19.1. The van der Waals surface area contributed by atoms with Crippen LogP contribution in [0.15, 0.2) is 24.3 Å². The lowest BCUT2D eigenvalue weighted by atomic mass is 9.90. The van der Waals surface area contributed by atoms with Gasteiger partial charge in [0.2, 0.25) is 0 Å². The molecule has 26 heavy (non-hydrogen) atoms. The summed E-state index contributed by atoms with van der Waals surface area (Å²) in [6.07, 6.45) is 9.91. The molecule has 0 saturated heterocycles. The van der Waals surface area contributed by atoms with E-state index in [1.807, 2.05) is 21.0 Å². The molecule has 0 bridgehead atoms. The molecular weight excluding hydrogens is 334 g/mol. The predicted octanol–water partition coefficient (Wildman–Crippen LogP) is 2.07. The zero-order valence-corrected chi connectivity index (χ0v) is 16.0. The van der Waals surface area contributed by atoms with Gasteiger partial charge in [-0.05, 0) is 71.0 Å². The summed E-state index contributed by atoms with van der Waals surface area (Å²) in [5, 5.41) is 10.5. The molecule has 1 N–H and O–H groups in total. The van der Waals surface area contributed by atoms with E-state index >= 15 is 0 Å². The lowest BCUT2D eigenvalue weighted by molar-refractivity contribution is -0.149. The molecule has 0 radical (unpaired) electrons. The molecule has 1 aliphatic heterocycles. The van der Waals surface area contributed by atoms with E-state index in [9.17, 15) is 14.7 Å². The van der Waals surface area contributed by atoms with Gasteiger partial charge in [0.05, 0.1) is 18.8 Å². The predicted molar refractivity (Wildman–Crippen MR) is 98.3 cm³/mol. The number of hydrogen-bond acceptors (Lipinski definition) is 6. The summed E-state index contributed by atoms with van der Waals surface area (Å²) in [5.74, 6) is -0.626. The number of allylic oxidation sites excluding steroid dienone is 2. The summed E-state index contributed by atoms with van der Waals surface area (Å²) < 4.78 is 10.9. The number of cyclic esters (lactones) is 1. The summed E-state index contributed by atoms with van der Waals surface area (Å²) in [6, 6.07) is 0. The largest absolute Gasteiger partial charge is 0.461 e. The average Bonchev–Trinajstić information content (AvgIpc) is 2.93. The maximum atomic E-state index is 11.9. The number of ether oxygens (including phenoxy) is 2. The minimum atomic E-state index is -0.772. The number of carbonyl (C=O) groups is 2. The van der Waals surface area contributed by atoms with E-state index in [0.29, 0.717) is 12.8 Å². The topological polar surface area (TPSA) is 76.1 Å². The third-order valence-corrected chi connectivity index (χ3v) is 4.91. The van der Waals surface area contributed by atoms with Crippen molar-refractivity contribution in [2.45, 2.75) is 57.3 Å². The van der Waals surface area contributed by atoms with Crippen LogP contribution in [0.2, 0.25) is 0 Å². The Labute approximate surface area is 155 Å². The lowest BCUT2D eigenvalue weighted by Crippen LogP contribution is -2.27. The van der Waals surface area contributed by atoms with E-state index < -0.39 is 12.1 Å². The highest BCUT2D eigenvalue weighted by molar-refractivity contribution is 5.82. The Morgan fingerprint density at radius 2 is 2.12 bits per heavy atom. The van der Waals surface area contributed by atoms with Gasteiger partial charge < -0.3 is 14.6 Å². The monoisotopic (exact) mass is 365 g/mol. The summed E-state index contributed by atoms with van der Waals surface area (Å²) >= 11 is 0. The van der Waals surface area contributed by atoms with Gasteiger partial charge in [-0.25, -0.2) is 4.79 Å². The van der Waals surface area contributed by atoms with E-state index in [1.165, 1.54) is 12.2 Å². The maximum absolute atomic E-state index is 11.9. The van der Waals surface area contributed by atoms with Crippen molar-refractivity contribution in [3.8, 4) is 0 Å². The SMILES string of the molecule is C[C@H]1CCCC=C[C@@H]2C[C@H](OC(=O)CN(C)C)C[C@H]2[C@H](O)C=CC(=O)O1. The number of fused-ring (bicyclic) bond motifs is 1. The van der Waals surface area contributed by atoms with E-state index in [1.54, 1.807) is 4.90 Å². The molecule has 0 aromatic carbocycles. The van der Waals surface area contributed by atoms with Crippen molar-refractivity contribution in [1.82, 2.24) is 4.90 Å². The maximum Gasteiger partial charge on any atom is 0.330 e. The Morgan fingerprint density at radius 3 is 2.85 bits per heavy atom. The van der Waals surface area contributed by atoms with Crippen LogP contribution in [0, 0.1) is 11.8 Å². The quantitative estimate of drug-likeness (QED) is 0.610. The van der Waals surface area contributed by atoms with E-state index in [0.717, 1.165) is 19.3 Å². The standard InChI is InChI=1S/C20H31NO5/c1-14-7-5-4-6-8-15-11-16(26-20(24)13-21(2)3)12-17(15)18(22)9-10-19(23)25-14/h6,8-10,14-18,22H,4-5,7,11-13H2,1-3H3/t14-,15+,16-,17+,18+/m0/s1. The Morgan fingerprint density at radius 1 is 1.35 bits per heavy atom. The van der Waals surface area contributed by atoms with Crippen molar-refractivity contribution in [3.63, 3.8) is 0 Å². The molecule has 2 aliphatic rings. The molecule has 0 spiro atoms. The van der Waals surface area contributed by atoms with Gasteiger partial charge in [0, 0.05) is 6.08 Å². The molecule has 2 rings (SSSR count). The van der Waals surface area contributed by atoms with Crippen LogP contribution in [0.4, 0.5) is 0 Å². The van der Waals surface area contributed by atoms with E-state index in [4.69, 9.17) is 9.47 Å². The Balaban J connectivity index is 2.05. The van der Waals surface area contributed by atoms with Crippen LogP contribution in [0.3, 0.4) is 0 Å². The summed E-state index contributed by atoms with van der Waals surface area (Å²) in [6.45, 7) is 2.13. The van der Waals surface area contributed by atoms with Crippen LogP contribution in [0.5, 0.6) is 0 Å². The first kappa shape index (κ1) is 20.6. The van der Waals surface area contributed by atoms with Gasteiger partial charge in [0.1, 0.15) is 6.10 Å². The summed E-state index contributed by atoms with van der Waals surface area (Å²) in [7, 11) is 3.64. The molecule has 5 atom stereocenters. The smallest absolute Gasteiger partial charge is 0.330 e. The number of hydrogen-bond donors (Lipinski definition) is 1. The molecule has 6 nitrogen and oxygen atoms in total. The summed E-state index contributed by atoms with van der Waals surface area (Å²) in [5.41, 5.74) is 0. The first-order valence-electron chi connectivity index (χ1n) is 9.43. The number of likely N-dealkylation sites (N-methyl/N-ethyl adjacent to an activating group) is 1. The first-order chi connectivity index (χ1) is 12.3. The van der Waals surface area contributed by atoms with Crippen molar-refractivity contribution in [2.75, 3.05) is 20.6 Å². The van der Waals surface area contributed by atoms with Crippen molar-refractivity contribution in [2.24, 2.45) is 11.8 Å². The number of aliphatic hydroxyl groups excluding tert-OH is 1. The highest BCUT2D eigenvalue weighted by Gasteiger charge is 2.38. The molecule has 0 amide bonds. The van der Waals surface area contributed by atoms with Gasteiger partial charge in [-0.1, -0.05) is 12.2 Å². The normalized spacial score (nSPS) is 33.0. The number of rotatable bonds is 3. The van der Waals surface area contributed by atoms with Crippen LogP contribution in [0.1, 0.15) is 39.0 Å². The second-order valence-electron chi connectivity index (χ2n) is 7.61. The van der Waals surface area contributed by atoms with Gasteiger partial charge in [-0.3, -0.25) is 9.69 Å². The zero-order valence-electron chi connectivity index (χ0n) is 16.0. The van der Waals surface area contributed by atoms with Crippen LogP contribution < -0.4 is 0 Å². The van der Waals surface area contributed by atoms with Crippen LogP contribution in [-0.4, -0.2) is 60.9 Å². The van der Waals surface area contributed by atoms with Crippen molar-refractivity contribution in [1.29, 1.82) is 0 Å². The van der Waals surface area contributed by atoms with Gasteiger partial charge in [0.15, 0.2) is 0 Å². The minimum absolute atomic E-state index is 0.0781. The van der Waals surface area contributed by atoms with Crippen LogP contribution >= 0.6 is 0 Å². The fourth-order valence-corrected chi connectivity index (χ4v) is 3.66. The van der Waals surface area contributed by atoms with Crippen molar-refractivity contribution in [3.05, 3.63) is 24.3 Å². The Kier molecular flexibility index (Phi) is 7.85. The molecule has 0 aromatic heterocycles. The first-order valence-corrected chi connectivity index (χ1v) is 9.43. The molecule has 1 heterocycles. The van der Waals surface area contributed by atoms with E-state index in [2.05, 4.69) is 12.2 Å². The van der Waals surface area contributed by atoms with Gasteiger partial charge in [-0.15, -0.1) is 0 Å². The molecule has 1 saturated carbocycles. The Hall–Kier alpha value is -1.66. The van der Waals surface area contributed by atoms with Gasteiger partial charge in [-0.2, -0.15) is 0 Å². The van der Waals surface area contributed by atoms with E-state index in [-0.39, 0.29) is 36.6 Å². The van der Waals surface area contributed by atoms with Gasteiger partial charge >= 0.3 is 11.9 Å². The Bertz CT molecular complexity index is 542. The highest BCUT2D eigenvalue weighted by atomic mass is 16.5. The second kappa shape index (κ2) is 9.88. The average molecular weight is 365 g/mol. The second-order valence-corrected chi connectivity index (χ2v) is 7.61. The fraction of sp³-hybridized carbons (Fsp3) is 0.700. The molecule has 6 heteroatoms. The number of nitrogens with zero attached hydrogens (tertiary/aromatic N) is 1. The van der Waals surface area contributed by atoms with Crippen LogP contribution in [-0.2, 0) is 19.1 Å². The fourth-order valence-electron chi connectivity index (χ4n) is 3.66. The molecule has 1 aliphatic carbocycles. The third kappa shape index (κ3) is 6.57. The lowest BCUT2D eigenvalue weighted by Gasteiger charge is -2.19. The van der Waals surface area contributed by atoms with Gasteiger partial charge in [0.25, 0.3) is 0 Å². The molecular formula is C20H31NO5. The highest BCUT2D eigenvalue weighted by Crippen LogP contribution is 2.38. The minimum Gasteiger partial charge on any atom is -0.461 e. The van der Waals surface area contributed by atoms with Crippen molar-refractivity contribution < 1.29 is 24.2 Å². The molecule has 1 fully saturated rings. The third-order valence-electron chi connectivity index (χ3n) is 4.91. The van der Waals surface area contributed by atoms with Crippen molar-refractivity contribution >= 4 is 11.9 Å².